The van der Waals surface area contributed by atoms with Crippen molar-refractivity contribution < 1.29 is 0 Å². The highest BCUT2D eigenvalue weighted by atomic mass is 15.0. The molecule has 2 heterocycles. The van der Waals surface area contributed by atoms with Gasteiger partial charge in [-0.2, -0.15) is 0 Å². The second kappa shape index (κ2) is 6.05. The first-order valence-corrected chi connectivity index (χ1v) is 6.20. The molecule has 94 valence electrons. The molecule has 18 heavy (non-hydrogen) atoms. The summed E-state index contributed by atoms with van der Waals surface area (Å²) in [7, 11) is 0. The van der Waals surface area contributed by atoms with Crippen LogP contribution < -0.4 is 5.32 Å². The molecule has 0 bridgehead atoms. The third-order valence-corrected chi connectivity index (χ3v) is 2.62. The van der Waals surface area contributed by atoms with Gasteiger partial charge in [-0.1, -0.05) is 13.3 Å². The Morgan fingerprint density at radius 2 is 1.83 bits per heavy atom. The fourth-order valence-electron chi connectivity index (χ4n) is 1.89. The molecular formula is C13H17N5. The molecule has 0 aliphatic carbocycles. The minimum Gasteiger partial charge on any atom is -0.370 e. The Kier molecular flexibility index (Phi) is 4.17. The molecule has 0 unspecified atom stereocenters. The van der Waals surface area contributed by atoms with Gasteiger partial charge in [0.15, 0.2) is 0 Å². The Labute approximate surface area is 107 Å². The van der Waals surface area contributed by atoms with E-state index in [9.17, 15) is 0 Å². The lowest BCUT2D eigenvalue weighted by Crippen LogP contribution is -2.06. The lowest BCUT2D eigenvalue weighted by molar-refractivity contribution is 0.901. The maximum atomic E-state index is 4.38. The van der Waals surface area contributed by atoms with Crippen LogP contribution >= 0.6 is 0 Å². The highest BCUT2D eigenvalue weighted by Gasteiger charge is 2.12. The van der Waals surface area contributed by atoms with Crippen molar-refractivity contribution in [3.63, 3.8) is 0 Å². The van der Waals surface area contributed by atoms with Crippen LogP contribution in [0.3, 0.4) is 0 Å². The van der Waals surface area contributed by atoms with E-state index in [1.54, 1.807) is 18.7 Å². The molecule has 0 spiro atoms. The normalized spacial score (nSPS) is 10.3. The molecule has 0 aliphatic heterocycles. The Hall–Kier alpha value is -2.04. The molecule has 5 nitrogen and oxygen atoms in total. The summed E-state index contributed by atoms with van der Waals surface area (Å²) in [6.45, 7) is 5.05. The van der Waals surface area contributed by atoms with E-state index in [-0.39, 0.29) is 0 Å². The standard InChI is InChI=1S/C13H17N5/c1-3-5-11-12(10-6-14-8-15-7-10)17-9-18-13(11)16-4-2/h6-9H,3-5H2,1-2H3,(H,16,17,18). The topological polar surface area (TPSA) is 63.6 Å². The van der Waals surface area contributed by atoms with Gasteiger partial charge in [-0.25, -0.2) is 19.9 Å². The Balaban J connectivity index is 2.49. The monoisotopic (exact) mass is 243 g/mol. The Morgan fingerprint density at radius 1 is 1.06 bits per heavy atom. The average molecular weight is 243 g/mol. The van der Waals surface area contributed by atoms with Crippen LogP contribution in [-0.4, -0.2) is 26.5 Å². The summed E-state index contributed by atoms with van der Waals surface area (Å²) < 4.78 is 0. The summed E-state index contributed by atoms with van der Waals surface area (Å²) in [5, 5.41) is 3.28. The third kappa shape index (κ3) is 2.61. The summed E-state index contributed by atoms with van der Waals surface area (Å²) in [5.74, 6) is 0.910. The number of hydrogen-bond donors (Lipinski definition) is 1. The van der Waals surface area contributed by atoms with Crippen molar-refractivity contribution in [1.29, 1.82) is 0 Å². The lowest BCUT2D eigenvalue weighted by Gasteiger charge is -2.12. The molecule has 0 atom stereocenters. The summed E-state index contributed by atoms with van der Waals surface area (Å²) in [4.78, 5) is 16.8. The molecule has 0 radical (unpaired) electrons. The summed E-state index contributed by atoms with van der Waals surface area (Å²) in [6.07, 6.45) is 8.66. The largest absolute Gasteiger partial charge is 0.370 e. The zero-order chi connectivity index (χ0) is 12.8. The van der Waals surface area contributed by atoms with Gasteiger partial charge < -0.3 is 5.32 Å². The lowest BCUT2D eigenvalue weighted by atomic mass is 10.1. The molecule has 0 amide bonds. The van der Waals surface area contributed by atoms with Gasteiger partial charge in [0.25, 0.3) is 0 Å². The van der Waals surface area contributed by atoms with Gasteiger partial charge >= 0.3 is 0 Å². The van der Waals surface area contributed by atoms with E-state index in [1.165, 1.54) is 6.33 Å². The fourth-order valence-corrected chi connectivity index (χ4v) is 1.89. The first kappa shape index (κ1) is 12.4. The molecule has 2 rings (SSSR count). The van der Waals surface area contributed by atoms with Crippen LogP contribution in [0.5, 0.6) is 0 Å². The van der Waals surface area contributed by atoms with Crippen LogP contribution in [0.4, 0.5) is 5.82 Å². The second-order valence-electron chi connectivity index (χ2n) is 3.96. The average Bonchev–Trinajstić information content (AvgIpc) is 2.42. The molecule has 0 fully saturated rings. The van der Waals surface area contributed by atoms with Gasteiger partial charge in [-0.15, -0.1) is 0 Å². The first-order chi connectivity index (χ1) is 8.86. The van der Waals surface area contributed by atoms with Gasteiger partial charge in [0.1, 0.15) is 18.5 Å². The van der Waals surface area contributed by atoms with Crippen LogP contribution in [0.25, 0.3) is 11.3 Å². The highest BCUT2D eigenvalue weighted by Crippen LogP contribution is 2.25. The van der Waals surface area contributed by atoms with E-state index < -0.39 is 0 Å². The van der Waals surface area contributed by atoms with E-state index in [2.05, 4.69) is 39.1 Å². The summed E-state index contributed by atoms with van der Waals surface area (Å²) in [6, 6.07) is 0. The molecular weight excluding hydrogens is 226 g/mol. The fraction of sp³-hybridized carbons (Fsp3) is 0.385. The maximum Gasteiger partial charge on any atom is 0.133 e. The van der Waals surface area contributed by atoms with Crippen molar-refractivity contribution in [2.45, 2.75) is 26.7 Å². The number of nitrogens with one attached hydrogen (secondary N) is 1. The molecule has 0 aliphatic rings. The SMILES string of the molecule is CCCc1c(NCC)ncnc1-c1cncnc1. The Morgan fingerprint density at radius 3 is 2.50 bits per heavy atom. The Bertz CT molecular complexity index is 498. The molecule has 0 aromatic carbocycles. The molecule has 1 N–H and O–H groups in total. The van der Waals surface area contributed by atoms with Crippen molar-refractivity contribution in [2.24, 2.45) is 0 Å². The van der Waals surface area contributed by atoms with Crippen molar-refractivity contribution in [2.75, 3.05) is 11.9 Å². The zero-order valence-corrected chi connectivity index (χ0v) is 10.7. The number of anilines is 1. The van der Waals surface area contributed by atoms with Crippen molar-refractivity contribution >= 4 is 5.82 Å². The minimum absolute atomic E-state index is 0.846. The molecule has 0 saturated heterocycles. The van der Waals surface area contributed by atoms with Crippen LogP contribution in [-0.2, 0) is 6.42 Å². The van der Waals surface area contributed by atoms with Gasteiger partial charge in [0, 0.05) is 30.1 Å². The van der Waals surface area contributed by atoms with Crippen LogP contribution in [0.1, 0.15) is 25.8 Å². The van der Waals surface area contributed by atoms with Gasteiger partial charge in [0.05, 0.1) is 5.69 Å². The zero-order valence-electron chi connectivity index (χ0n) is 10.7. The van der Waals surface area contributed by atoms with Crippen LogP contribution in [0, 0.1) is 0 Å². The maximum absolute atomic E-state index is 4.38. The minimum atomic E-state index is 0.846. The van der Waals surface area contributed by atoms with Crippen LogP contribution in [0.15, 0.2) is 25.0 Å². The second-order valence-corrected chi connectivity index (χ2v) is 3.96. The number of aromatic nitrogens is 4. The summed E-state index contributed by atoms with van der Waals surface area (Å²) in [5.41, 5.74) is 2.99. The smallest absolute Gasteiger partial charge is 0.133 e. The van der Waals surface area contributed by atoms with Gasteiger partial charge in [-0.05, 0) is 13.3 Å². The van der Waals surface area contributed by atoms with Crippen molar-refractivity contribution in [3.8, 4) is 11.3 Å². The van der Waals surface area contributed by atoms with E-state index in [1.807, 2.05) is 0 Å². The van der Waals surface area contributed by atoms with E-state index in [4.69, 9.17) is 0 Å². The van der Waals surface area contributed by atoms with Crippen molar-refractivity contribution in [1.82, 2.24) is 19.9 Å². The molecule has 5 heteroatoms. The summed E-state index contributed by atoms with van der Waals surface area (Å²) >= 11 is 0. The third-order valence-electron chi connectivity index (χ3n) is 2.62. The number of nitrogens with zero attached hydrogens (tertiary/aromatic N) is 4. The number of hydrogen-bond acceptors (Lipinski definition) is 5. The van der Waals surface area contributed by atoms with Crippen LogP contribution in [0.2, 0.25) is 0 Å². The van der Waals surface area contributed by atoms with E-state index in [0.717, 1.165) is 42.0 Å². The number of rotatable bonds is 5. The highest BCUT2D eigenvalue weighted by molar-refractivity contribution is 5.66. The predicted octanol–water partition coefficient (Wildman–Crippen LogP) is 2.32. The first-order valence-electron chi connectivity index (χ1n) is 6.20. The van der Waals surface area contributed by atoms with Gasteiger partial charge in [-0.3, -0.25) is 0 Å². The van der Waals surface area contributed by atoms with Crippen molar-refractivity contribution in [3.05, 3.63) is 30.6 Å². The molecule has 2 aromatic rings. The van der Waals surface area contributed by atoms with Gasteiger partial charge in [0.2, 0.25) is 0 Å². The van der Waals surface area contributed by atoms with E-state index >= 15 is 0 Å². The van der Waals surface area contributed by atoms with E-state index in [0.29, 0.717) is 0 Å². The molecule has 2 aromatic heterocycles. The predicted molar refractivity (Wildman–Crippen MR) is 71.2 cm³/mol. The quantitative estimate of drug-likeness (QED) is 0.873. The molecule has 0 saturated carbocycles.